The van der Waals surface area contributed by atoms with Crippen LogP contribution in [-0.2, 0) is 9.59 Å². The number of likely N-dealkylation sites (tertiary alicyclic amines) is 1. The highest BCUT2D eigenvalue weighted by atomic mass is 79.9. The van der Waals surface area contributed by atoms with Gasteiger partial charge in [0.05, 0.1) is 21.5 Å². The maximum atomic E-state index is 13.7. The summed E-state index contributed by atoms with van der Waals surface area (Å²) >= 11 is 3.19. The van der Waals surface area contributed by atoms with Crippen molar-refractivity contribution in [3.63, 3.8) is 0 Å². The minimum atomic E-state index is -2.90. The summed E-state index contributed by atoms with van der Waals surface area (Å²) in [5.74, 6) is -5.94. The standard InChI is InChI=1S/C16H14BrF4N5O2/c1-6-11(17)12(24-26(6)16(20)21)7-5-25(2)15(28)10(7)14(27)22-8-3-4-9(18)23-13(8)19/h3-4,7,10,16H,5H2,1-2H3,(H,22,27). The number of amides is 2. The first kappa shape index (κ1) is 20.2. The van der Waals surface area contributed by atoms with E-state index in [0.717, 1.165) is 12.1 Å². The molecule has 2 aromatic heterocycles. The molecule has 1 aliphatic heterocycles. The zero-order chi connectivity index (χ0) is 20.7. The molecule has 0 aliphatic carbocycles. The molecular formula is C16H14BrF4N5O2. The lowest BCUT2D eigenvalue weighted by atomic mass is 9.91. The van der Waals surface area contributed by atoms with Gasteiger partial charge in [0.2, 0.25) is 23.7 Å². The van der Waals surface area contributed by atoms with E-state index in [0.29, 0.717) is 4.68 Å². The summed E-state index contributed by atoms with van der Waals surface area (Å²) in [6, 6.07) is 1.82. The average Bonchev–Trinajstić information content (AvgIpc) is 3.07. The van der Waals surface area contributed by atoms with Crippen LogP contribution in [0, 0.1) is 24.7 Å². The summed E-state index contributed by atoms with van der Waals surface area (Å²) in [6.45, 7) is -1.42. The van der Waals surface area contributed by atoms with Crippen molar-refractivity contribution in [1.29, 1.82) is 0 Å². The lowest BCUT2D eigenvalue weighted by Gasteiger charge is -2.15. The van der Waals surface area contributed by atoms with Crippen molar-refractivity contribution >= 4 is 33.4 Å². The highest BCUT2D eigenvalue weighted by Gasteiger charge is 2.46. The van der Waals surface area contributed by atoms with E-state index in [-0.39, 0.29) is 22.4 Å². The van der Waals surface area contributed by atoms with Gasteiger partial charge in [-0.1, -0.05) is 0 Å². The second-order valence-corrected chi connectivity index (χ2v) is 7.06. The van der Waals surface area contributed by atoms with Gasteiger partial charge in [0.15, 0.2) is 0 Å². The molecule has 0 aromatic carbocycles. The van der Waals surface area contributed by atoms with Gasteiger partial charge < -0.3 is 10.2 Å². The smallest absolute Gasteiger partial charge is 0.333 e. The van der Waals surface area contributed by atoms with Gasteiger partial charge in [0.25, 0.3) is 0 Å². The molecule has 28 heavy (non-hydrogen) atoms. The van der Waals surface area contributed by atoms with Crippen molar-refractivity contribution in [2.24, 2.45) is 5.92 Å². The van der Waals surface area contributed by atoms with Crippen molar-refractivity contribution in [3.8, 4) is 0 Å². The Hall–Kier alpha value is -2.50. The summed E-state index contributed by atoms with van der Waals surface area (Å²) in [5, 5.41) is 6.06. The molecule has 1 aliphatic rings. The number of likely N-dealkylation sites (N-methyl/N-ethyl adjacent to an activating group) is 1. The van der Waals surface area contributed by atoms with Gasteiger partial charge in [-0.25, -0.2) is 4.68 Å². The molecule has 0 bridgehead atoms. The number of rotatable bonds is 4. The number of carbonyl (C=O) groups excluding carboxylic acids is 2. The summed E-state index contributed by atoms with van der Waals surface area (Å²) in [5.41, 5.74) is -0.144. The summed E-state index contributed by atoms with van der Waals surface area (Å²) in [6.07, 6.45) is 0. The lowest BCUT2D eigenvalue weighted by molar-refractivity contribution is -0.135. The average molecular weight is 464 g/mol. The Kier molecular flexibility index (Phi) is 5.41. The molecule has 0 saturated carbocycles. The van der Waals surface area contributed by atoms with Crippen molar-refractivity contribution < 1.29 is 27.2 Å². The number of anilines is 1. The third-order valence-electron chi connectivity index (χ3n) is 4.51. The first-order valence-electron chi connectivity index (χ1n) is 8.02. The fourth-order valence-electron chi connectivity index (χ4n) is 3.10. The number of alkyl halides is 2. The second kappa shape index (κ2) is 7.49. The highest BCUT2D eigenvalue weighted by molar-refractivity contribution is 9.10. The Morgan fingerprint density at radius 2 is 2.04 bits per heavy atom. The van der Waals surface area contributed by atoms with Crippen LogP contribution in [0.25, 0.3) is 0 Å². The molecule has 3 heterocycles. The Morgan fingerprint density at radius 1 is 1.36 bits per heavy atom. The van der Waals surface area contributed by atoms with E-state index in [1.807, 2.05) is 0 Å². The number of hydrogen-bond acceptors (Lipinski definition) is 4. The van der Waals surface area contributed by atoms with Crippen molar-refractivity contribution in [1.82, 2.24) is 19.7 Å². The molecule has 150 valence electrons. The number of halogens is 5. The van der Waals surface area contributed by atoms with Gasteiger partial charge in [-0.05, 0) is 35.0 Å². The number of nitrogens with one attached hydrogen (secondary N) is 1. The molecule has 0 radical (unpaired) electrons. The number of carbonyl (C=O) groups is 2. The fraction of sp³-hybridized carbons (Fsp3) is 0.375. The zero-order valence-electron chi connectivity index (χ0n) is 14.6. The van der Waals surface area contributed by atoms with Crippen LogP contribution in [-0.4, -0.2) is 45.1 Å². The largest absolute Gasteiger partial charge is 0.344 e. The van der Waals surface area contributed by atoms with Crippen molar-refractivity contribution in [2.75, 3.05) is 18.9 Å². The molecule has 1 fully saturated rings. The van der Waals surface area contributed by atoms with E-state index in [1.165, 1.54) is 18.9 Å². The predicted octanol–water partition coefficient (Wildman–Crippen LogP) is 2.83. The summed E-state index contributed by atoms with van der Waals surface area (Å²) in [4.78, 5) is 29.4. The van der Waals surface area contributed by atoms with Crippen molar-refractivity contribution in [3.05, 3.63) is 39.9 Å². The fourth-order valence-corrected chi connectivity index (χ4v) is 3.66. The first-order valence-corrected chi connectivity index (χ1v) is 8.81. The van der Waals surface area contributed by atoms with Crippen LogP contribution < -0.4 is 5.32 Å². The molecule has 3 rings (SSSR count). The van der Waals surface area contributed by atoms with Crippen LogP contribution in [0.5, 0.6) is 0 Å². The van der Waals surface area contributed by atoms with E-state index in [2.05, 4.69) is 31.3 Å². The maximum Gasteiger partial charge on any atom is 0.333 e. The molecule has 0 spiro atoms. The monoisotopic (exact) mass is 463 g/mol. The van der Waals surface area contributed by atoms with E-state index < -0.39 is 47.8 Å². The molecule has 7 nitrogen and oxygen atoms in total. The Bertz CT molecular complexity index is 951. The summed E-state index contributed by atoms with van der Waals surface area (Å²) < 4.78 is 53.7. The van der Waals surface area contributed by atoms with Gasteiger partial charge in [-0.2, -0.15) is 27.6 Å². The third kappa shape index (κ3) is 3.48. The van der Waals surface area contributed by atoms with Gasteiger partial charge in [0.1, 0.15) is 5.92 Å². The third-order valence-corrected chi connectivity index (χ3v) is 5.49. The Morgan fingerprint density at radius 3 is 2.61 bits per heavy atom. The van der Waals surface area contributed by atoms with E-state index in [1.54, 1.807) is 0 Å². The van der Waals surface area contributed by atoms with Gasteiger partial charge >= 0.3 is 6.55 Å². The quantitative estimate of drug-likeness (QED) is 0.429. The SMILES string of the molecule is Cc1c(Br)c(C2CN(C)C(=O)C2C(=O)Nc2ccc(F)nc2F)nn1C(F)F. The topological polar surface area (TPSA) is 80.1 Å². The van der Waals surface area contributed by atoms with Crippen LogP contribution in [0.15, 0.2) is 16.6 Å². The molecular weight excluding hydrogens is 450 g/mol. The number of nitrogens with zero attached hydrogens (tertiary/aromatic N) is 4. The zero-order valence-corrected chi connectivity index (χ0v) is 16.2. The first-order chi connectivity index (χ1) is 13.1. The minimum Gasteiger partial charge on any atom is -0.344 e. The number of hydrogen-bond donors (Lipinski definition) is 1. The van der Waals surface area contributed by atoms with Crippen LogP contribution in [0.4, 0.5) is 23.2 Å². The van der Waals surface area contributed by atoms with Gasteiger partial charge in [-0.15, -0.1) is 0 Å². The summed E-state index contributed by atoms with van der Waals surface area (Å²) in [7, 11) is 1.45. The van der Waals surface area contributed by atoms with E-state index in [9.17, 15) is 27.2 Å². The molecule has 2 aromatic rings. The Balaban J connectivity index is 1.95. The lowest BCUT2D eigenvalue weighted by Crippen LogP contribution is -2.33. The van der Waals surface area contributed by atoms with E-state index in [4.69, 9.17) is 0 Å². The number of aromatic nitrogens is 3. The van der Waals surface area contributed by atoms with Crippen LogP contribution in [0.2, 0.25) is 0 Å². The second-order valence-electron chi connectivity index (χ2n) is 6.27. The van der Waals surface area contributed by atoms with Crippen LogP contribution >= 0.6 is 15.9 Å². The molecule has 1 N–H and O–H groups in total. The molecule has 2 atom stereocenters. The minimum absolute atomic E-state index is 0.0549. The van der Waals surface area contributed by atoms with Gasteiger partial charge in [0, 0.05) is 19.5 Å². The normalized spacial score (nSPS) is 19.6. The molecule has 2 unspecified atom stereocenters. The van der Waals surface area contributed by atoms with Gasteiger partial charge in [-0.3, -0.25) is 9.59 Å². The maximum absolute atomic E-state index is 13.7. The highest BCUT2D eigenvalue weighted by Crippen LogP contribution is 2.38. The molecule has 1 saturated heterocycles. The van der Waals surface area contributed by atoms with E-state index >= 15 is 0 Å². The van der Waals surface area contributed by atoms with Crippen molar-refractivity contribution in [2.45, 2.75) is 19.4 Å². The molecule has 2 amide bonds. The predicted molar refractivity (Wildman–Crippen MR) is 92.6 cm³/mol. The van der Waals surface area contributed by atoms with Crippen LogP contribution in [0.1, 0.15) is 23.9 Å². The Labute approximate surface area is 164 Å². The number of pyridine rings is 1. The molecule has 12 heteroatoms. The van der Waals surface area contributed by atoms with Crippen LogP contribution in [0.3, 0.4) is 0 Å².